The van der Waals surface area contributed by atoms with E-state index < -0.39 is 27.9 Å². The molecule has 0 aromatic heterocycles. The van der Waals surface area contributed by atoms with Crippen LogP contribution in [0.5, 0.6) is 0 Å². The number of likely N-dealkylation sites (N-methyl/N-ethyl adjacent to an activating group) is 1. The highest BCUT2D eigenvalue weighted by Crippen LogP contribution is 2.23. The predicted octanol–water partition coefficient (Wildman–Crippen LogP) is 1.24. The van der Waals surface area contributed by atoms with Gasteiger partial charge in [0.25, 0.3) is 0 Å². The Morgan fingerprint density at radius 3 is 2.50 bits per heavy atom. The van der Waals surface area contributed by atoms with Crippen molar-refractivity contribution in [2.45, 2.75) is 30.7 Å². The second-order valence-electron chi connectivity index (χ2n) is 6.12. The molecule has 1 aliphatic heterocycles. The number of carboxylic acid groups (broad SMARTS) is 1. The van der Waals surface area contributed by atoms with Crippen molar-refractivity contribution in [2.75, 3.05) is 32.0 Å². The number of hydrogen-bond acceptors (Lipinski definition) is 5. The van der Waals surface area contributed by atoms with Crippen molar-refractivity contribution in [3.05, 3.63) is 24.3 Å². The average molecular weight is 406 g/mol. The number of benzene rings is 1. The Kier molecular flexibility index (Phi) is 8.01. The lowest BCUT2D eigenvalue weighted by molar-refractivity contribution is -0.142. The number of halogens is 1. The van der Waals surface area contributed by atoms with E-state index in [2.05, 4.69) is 5.32 Å². The molecule has 1 aromatic carbocycles. The van der Waals surface area contributed by atoms with Crippen LogP contribution >= 0.6 is 12.4 Å². The third kappa shape index (κ3) is 5.41. The molecule has 10 heteroatoms. The maximum Gasteiger partial charge on any atom is 0.320 e. The minimum atomic E-state index is -3.55. The molecule has 1 amide bonds. The summed E-state index contributed by atoms with van der Waals surface area (Å²) in [7, 11) is -2.02. The number of anilines is 1. The van der Waals surface area contributed by atoms with Crippen LogP contribution in [0.1, 0.15) is 19.8 Å². The van der Waals surface area contributed by atoms with E-state index in [-0.39, 0.29) is 23.8 Å². The van der Waals surface area contributed by atoms with E-state index in [0.29, 0.717) is 18.8 Å². The molecule has 2 N–H and O–H groups in total. The molecule has 0 aliphatic carbocycles. The zero-order valence-electron chi connectivity index (χ0n) is 14.7. The third-order valence-electron chi connectivity index (χ3n) is 4.23. The molecule has 1 unspecified atom stereocenters. The smallest absolute Gasteiger partial charge is 0.320 e. The third-order valence-corrected chi connectivity index (χ3v) is 6.13. The first-order chi connectivity index (χ1) is 11.7. The standard InChI is InChI=1S/C16H23N3O5S.ClH/c1-12(16(21)22)18(2)11-15(20)17-13-6-5-7-14(10-13)25(23,24)19-8-3-4-9-19;/h5-7,10,12H,3-4,8-9,11H2,1-2H3,(H,17,20)(H,21,22);1H. The Morgan fingerprint density at radius 1 is 1.31 bits per heavy atom. The van der Waals surface area contributed by atoms with E-state index in [9.17, 15) is 18.0 Å². The molecule has 0 radical (unpaired) electrons. The zero-order chi connectivity index (χ0) is 18.6. The number of hydrogen-bond donors (Lipinski definition) is 2. The molecule has 0 bridgehead atoms. The van der Waals surface area contributed by atoms with Crippen LogP contribution in [-0.2, 0) is 19.6 Å². The molecule has 8 nitrogen and oxygen atoms in total. The number of rotatable bonds is 7. The van der Waals surface area contributed by atoms with Gasteiger partial charge in [-0.15, -0.1) is 12.4 Å². The molecule has 1 aliphatic rings. The van der Waals surface area contributed by atoms with Crippen LogP contribution in [0, 0.1) is 0 Å². The minimum absolute atomic E-state index is 0. The predicted molar refractivity (Wildman–Crippen MR) is 100 cm³/mol. The first kappa shape index (κ1) is 22.4. The van der Waals surface area contributed by atoms with Crippen molar-refractivity contribution in [3.8, 4) is 0 Å². The lowest BCUT2D eigenvalue weighted by Gasteiger charge is -2.20. The van der Waals surface area contributed by atoms with Gasteiger partial charge in [0.05, 0.1) is 11.4 Å². The topological polar surface area (TPSA) is 107 Å². The van der Waals surface area contributed by atoms with Crippen molar-refractivity contribution in [1.29, 1.82) is 0 Å². The van der Waals surface area contributed by atoms with Gasteiger partial charge in [0.15, 0.2) is 0 Å². The van der Waals surface area contributed by atoms with Gasteiger partial charge in [0, 0.05) is 18.8 Å². The minimum Gasteiger partial charge on any atom is -0.480 e. The molecule has 1 heterocycles. The molecule has 26 heavy (non-hydrogen) atoms. The first-order valence-electron chi connectivity index (χ1n) is 8.05. The summed E-state index contributed by atoms with van der Waals surface area (Å²) in [5.74, 6) is -1.43. The van der Waals surface area contributed by atoms with E-state index in [4.69, 9.17) is 5.11 Å². The maximum atomic E-state index is 12.6. The van der Waals surface area contributed by atoms with Crippen LogP contribution in [0.4, 0.5) is 5.69 Å². The zero-order valence-corrected chi connectivity index (χ0v) is 16.3. The summed E-state index contributed by atoms with van der Waals surface area (Å²) in [6.07, 6.45) is 1.70. The molecule has 1 aromatic rings. The fourth-order valence-corrected chi connectivity index (χ4v) is 4.13. The largest absolute Gasteiger partial charge is 0.480 e. The summed E-state index contributed by atoms with van der Waals surface area (Å²) in [6.45, 7) is 2.39. The van der Waals surface area contributed by atoms with Gasteiger partial charge in [0.2, 0.25) is 15.9 Å². The van der Waals surface area contributed by atoms with Crippen LogP contribution < -0.4 is 5.32 Å². The summed E-state index contributed by atoms with van der Waals surface area (Å²) < 4.78 is 26.5. The summed E-state index contributed by atoms with van der Waals surface area (Å²) >= 11 is 0. The lowest BCUT2D eigenvalue weighted by atomic mass is 10.3. The molecule has 0 spiro atoms. The molecule has 0 saturated carbocycles. The number of sulfonamides is 1. The Balaban J connectivity index is 0.00000338. The normalized spacial score (nSPS) is 16.1. The van der Waals surface area contributed by atoms with Gasteiger partial charge >= 0.3 is 5.97 Å². The van der Waals surface area contributed by atoms with Gasteiger partial charge in [-0.1, -0.05) is 6.07 Å². The van der Waals surface area contributed by atoms with Crippen molar-refractivity contribution in [2.24, 2.45) is 0 Å². The summed E-state index contributed by atoms with van der Waals surface area (Å²) in [5, 5.41) is 11.6. The number of carbonyl (C=O) groups excluding carboxylic acids is 1. The summed E-state index contributed by atoms with van der Waals surface area (Å²) in [5.41, 5.74) is 0.363. The summed E-state index contributed by atoms with van der Waals surface area (Å²) in [6, 6.07) is 5.30. The number of carbonyl (C=O) groups is 2. The molecule has 1 saturated heterocycles. The van der Waals surface area contributed by atoms with Gasteiger partial charge < -0.3 is 10.4 Å². The second-order valence-corrected chi connectivity index (χ2v) is 8.05. The fraction of sp³-hybridized carbons (Fsp3) is 0.500. The van der Waals surface area contributed by atoms with Crippen LogP contribution in [-0.4, -0.2) is 67.3 Å². The number of nitrogens with zero attached hydrogens (tertiary/aromatic N) is 2. The SMILES string of the molecule is CC(C(=O)O)N(C)CC(=O)Nc1cccc(S(=O)(=O)N2CCCC2)c1.Cl. The van der Waals surface area contributed by atoms with Crippen LogP contribution in [0.2, 0.25) is 0 Å². The summed E-state index contributed by atoms with van der Waals surface area (Å²) in [4.78, 5) is 24.5. The highest BCUT2D eigenvalue weighted by Gasteiger charge is 2.27. The van der Waals surface area contributed by atoms with Crippen molar-refractivity contribution in [1.82, 2.24) is 9.21 Å². The van der Waals surface area contributed by atoms with Gasteiger partial charge in [-0.2, -0.15) is 4.31 Å². The Bertz CT molecular complexity index is 750. The van der Waals surface area contributed by atoms with Crippen molar-refractivity contribution < 1.29 is 23.1 Å². The number of amides is 1. The lowest BCUT2D eigenvalue weighted by Crippen LogP contribution is -2.40. The van der Waals surface area contributed by atoms with E-state index in [1.165, 1.54) is 35.3 Å². The molecular weight excluding hydrogens is 382 g/mol. The van der Waals surface area contributed by atoms with E-state index in [1.54, 1.807) is 12.1 Å². The van der Waals surface area contributed by atoms with Crippen LogP contribution in [0.25, 0.3) is 0 Å². The quantitative estimate of drug-likeness (QED) is 0.706. The maximum absolute atomic E-state index is 12.6. The number of aliphatic carboxylic acids is 1. The molecular formula is C16H24ClN3O5S. The highest BCUT2D eigenvalue weighted by molar-refractivity contribution is 7.89. The average Bonchev–Trinajstić information content (AvgIpc) is 3.09. The monoisotopic (exact) mass is 405 g/mol. The highest BCUT2D eigenvalue weighted by atomic mass is 35.5. The van der Waals surface area contributed by atoms with Crippen LogP contribution in [0.15, 0.2) is 29.2 Å². The molecule has 1 atom stereocenters. The second kappa shape index (κ2) is 9.31. The van der Waals surface area contributed by atoms with Gasteiger partial charge in [-0.05, 0) is 45.0 Å². The van der Waals surface area contributed by atoms with Crippen molar-refractivity contribution >= 4 is 40.0 Å². The number of carboxylic acids is 1. The Morgan fingerprint density at radius 2 is 1.92 bits per heavy atom. The Labute approximate surface area is 159 Å². The molecule has 1 fully saturated rings. The van der Waals surface area contributed by atoms with Crippen LogP contribution in [0.3, 0.4) is 0 Å². The van der Waals surface area contributed by atoms with E-state index >= 15 is 0 Å². The first-order valence-corrected chi connectivity index (χ1v) is 9.49. The van der Waals surface area contributed by atoms with E-state index in [1.807, 2.05) is 0 Å². The number of nitrogens with one attached hydrogen (secondary N) is 1. The van der Waals surface area contributed by atoms with E-state index in [0.717, 1.165) is 12.8 Å². The van der Waals surface area contributed by atoms with Gasteiger partial charge in [0.1, 0.15) is 6.04 Å². The van der Waals surface area contributed by atoms with Gasteiger partial charge in [-0.3, -0.25) is 14.5 Å². The molecule has 146 valence electrons. The Hall–Kier alpha value is -1.68. The van der Waals surface area contributed by atoms with Gasteiger partial charge in [-0.25, -0.2) is 8.42 Å². The fourth-order valence-electron chi connectivity index (χ4n) is 2.56. The van der Waals surface area contributed by atoms with Crippen molar-refractivity contribution in [3.63, 3.8) is 0 Å². The molecule has 2 rings (SSSR count).